The van der Waals surface area contributed by atoms with Crippen molar-refractivity contribution < 1.29 is 9.50 Å². The number of halogens is 1. The van der Waals surface area contributed by atoms with Crippen LogP contribution >= 0.6 is 0 Å². The van der Waals surface area contributed by atoms with Gasteiger partial charge in [-0.3, -0.25) is 0 Å². The first kappa shape index (κ1) is 10.4. The molecule has 2 heteroatoms. The molecule has 0 aromatic heterocycles. The fraction of sp³-hybridized carbons (Fsp3) is 0. The molecule has 0 heterocycles. The molecule has 0 aliphatic heterocycles. The molecule has 0 atom stereocenters. The Bertz CT molecular complexity index is 436. The Morgan fingerprint density at radius 2 is 1.19 bits per heavy atom. The van der Waals surface area contributed by atoms with Gasteiger partial charge in [0.25, 0.3) is 0 Å². The summed E-state index contributed by atoms with van der Waals surface area (Å²) in [5.74, 6) is 0.0146. The molecule has 16 heavy (non-hydrogen) atoms. The second-order valence-electron chi connectivity index (χ2n) is 3.48. The number of hydrogen-bond donors (Lipinski definition) is 1. The van der Waals surface area contributed by atoms with Crippen molar-refractivity contribution in [1.29, 1.82) is 0 Å². The van der Waals surface area contributed by atoms with Gasteiger partial charge in [-0.05, 0) is 35.4 Å². The lowest BCUT2D eigenvalue weighted by Gasteiger charge is -1.95. The predicted octanol–water partition coefficient (Wildman–Crippen LogP) is 3.70. The molecule has 0 aliphatic carbocycles. The molecule has 2 aromatic carbocycles. The maximum Gasteiger partial charge on any atom is 0.123 e. The summed E-state index contributed by atoms with van der Waals surface area (Å²) >= 11 is 0. The van der Waals surface area contributed by atoms with Crippen molar-refractivity contribution >= 4 is 12.2 Å². The van der Waals surface area contributed by atoms with Gasteiger partial charge in [0.1, 0.15) is 11.6 Å². The van der Waals surface area contributed by atoms with Crippen molar-refractivity contribution in [2.24, 2.45) is 0 Å². The lowest BCUT2D eigenvalue weighted by Crippen LogP contribution is -1.75. The lowest BCUT2D eigenvalue weighted by molar-refractivity contribution is 0.475. The Morgan fingerprint density at radius 1 is 0.750 bits per heavy atom. The second-order valence-corrected chi connectivity index (χ2v) is 3.48. The van der Waals surface area contributed by atoms with Crippen LogP contribution in [0.3, 0.4) is 0 Å². The van der Waals surface area contributed by atoms with Crippen LogP contribution in [0.5, 0.6) is 5.75 Å². The molecule has 2 rings (SSSR count). The van der Waals surface area contributed by atoms with Gasteiger partial charge in [0.05, 0.1) is 0 Å². The standard InChI is InChI=1S/C14H11FO/c15-13-7-3-11(4-8-13)1-2-12-5-9-14(16)10-6-12/h1-10,16H/b2-1+/i15-1. The summed E-state index contributed by atoms with van der Waals surface area (Å²) in [4.78, 5) is 0. The van der Waals surface area contributed by atoms with E-state index in [-0.39, 0.29) is 11.6 Å². The predicted molar refractivity (Wildman–Crippen MR) is 63.4 cm³/mol. The third-order valence-electron chi connectivity index (χ3n) is 2.23. The molecule has 0 spiro atoms. The highest BCUT2D eigenvalue weighted by Crippen LogP contribution is 2.13. The second kappa shape index (κ2) is 4.62. The molecular formula is C14H11FO. The van der Waals surface area contributed by atoms with Crippen molar-refractivity contribution in [3.05, 3.63) is 65.5 Å². The molecule has 2 aromatic rings. The third-order valence-corrected chi connectivity index (χ3v) is 2.23. The molecule has 0 fully saturated rings. The van der Waals surface area contributed by atoms with Crippen molar-refractivity contribution in [3.8, 4) is 5.75 Å². The molecule has 1 nitrogen and oxygen atoms in total. The summed E-state index contributed by atoms with van der Waals surface area (Å²) in [6, 6.07) is 13.2. The van der Waals surface area contributed by atoms with E-state index < -0.39 is 0 Å². The minimum atomic E-state index is -0.234. The quantitative estimate of drug-likeness (QED) is 0.754. The summed E-state index contributed by atoms with van der Waals surface area (Å²) in [5, 5.41) is 9.11. The number of rotatable bonds is 2. The van der Waals surface area contributed by atoms with Gasteiger partial charge in [-0.15, -0.1) is 0 Å². The average Bonchev–Trinajstić information content (AvgIpc) is 2.30. The smallest absolute Gasteiger partial charge is 0.123 e. The first-order valence-corrected chi connectivity index (χ1v) is 4.97. The highest BCUT2D eigenvalue weighted by Gasteiger charge is 1.90. The summed E-state index contributed by atoms with van der Waals surface area (Å²) in [6.45, 7) is 0. The van der Waals surface area contributed by atoms with Crippen LogP contribution in [0.25, 0.3) is 12.2 Å². The Kier molecular flexibility index (Phi) is 3.01. The molecule has 1 N–H and O–H groups in total. The van der Waals surface area contributed by atoms with Crippen molar-refractivity contribution in [2.75, 3.05) is 0 Å². The fourth-order valence-electron chi connectivity index (χ4n) is 1.35. The zero-order valence-corrected chi connectivity index (χ0v) is 8.60. The Morgan fingerprint density at radius 3 is 1.69 bits per heavy atom. The van der Waals surface area contributed by atoms with Crippen LogP contribution in [0.15, 0.2) is 48.5 Å². The van der Waals surface area contributed by atoms with Crippen LogP contribution in [-0.2, 0) is 0 Å². The van der Waals surface area contributed by atoms with Crippen LogP contribution in [0, 0.1) is 5.82 Å². The molecule has 80 valence electrons. The van der Waals surface area contributed by atoms with Crippen LogP contribution < -0.4 is 0 Å². The lowest BCUT2D eigenvalue weighted by atomic mass is 10.1. The van der Waals surface area contributed by atoms with Gasteiger partial charge >= 0.3 is 0 Å². The van der Waals surface area contributed by atoms with E-state index in [4.69, 9.17) is 5.11 Å². The van der Waals surface area contributed by atoms with Gasteiger partial charge in [0, 0.05) is 0 Å². The maximum absolute atomic E-state index is 12.6. The number of phenolic OH excluding ortho intramolecular Hbond substituents is 1. The maximum atomic E-state index is 12.6. The van der Waals surface area contributed by atoms with E-state index in [0.29, 0.717) is 0 Å². The molecule has 0 amide bonds. The number of hydrogen-bond acceptors (Lipinski definition) is 1. The molecule has 0 bridgehead atoms. The first-order valence-electron chi connectivity index (χ1n) is 4.97. The first-order chi connectivity index (χ1) is 7.74. The number of aromatic hydroxyl groups is 1. The highest BCUT2D eigenvalue weighted by atomic mass is 18.2. The molecule has 0 aliphatic rings. The topological polar surface area (TPSA) is 20.2 Å². The molecular weight excluding hydrogens is 202 g/mol. The highest BCUT2D eigenvalue weighted by molar-refractivity contribution is 5.69. The van der Waals surface area contributed by atoms with Crippen LogP contribution in [0.1, 0.15) is 11.1 Å². The van der Waals surface area contributed by atoms with E-state index in [2.05, 4.69) is 0 Å². The SMILES string of the molecule is Oc1ccc(/C=C/c2ccc([18F])cc2)cc1. The van der Waals surface area contributed by atoms with Gasteiger partial charge in [-0.2, -0.15) is 0 Å². The molecule has 0 radical (unpaired) electrons. The largest absolute Gasteiger partial charge is 0.508 e. The van der Waals surface area contributed by atoms with Crippen LogP contribution in [0.2, 0.25) is 0 Å². The van der Waals surface area contributed by atoms with Crippen molar-refractivity contribution in [3.63, 3.8) is 0 Å². The zero-order chi connectivity index (χ0) is 11.4. The summed E-state index contributed by atoms with van der Waals surface area (Å²) in [5.41, 5.74) is 1.93. The third kappa shape index (κ3) is 2.70. The normalized spacial score (nSPS) is 10.8. The fourth-order valence-corrected chi connectivity index (χ4v) is 1.35. The van der Waals surface area contributed by atoms with E-state index in [9.17, 15) is 4.39 Å². The number of benzene rings is 2. The number of phenols is 1. The molecule has 0 unspecified atom stereocenters. The van der Waals surface area contributed by atoms with Gasteiger partial charge in [-0.25, -0.2) is 4.39 Å². The Labute approximate surface area is 93.5 Å². The van der Waals surface area contributed by atoms with Crippen molar-refractivity contribution in [2.45, 2.75) is 0 Å². The Balaban J connectivity index is 2.15. The van der Waals surface area contributed by atoms with Gasteiger partial charge in [0.2, 0.25) is 0 Å². The van der Waals surface area contributed by atoms with Crippen LogP contribution in [0.4, 0.5) is 4.39 Å². The van der Waals surface area contributed by atoms with Crippen LogP contribution in [-0.4, -0.2) is 5.11 Å². The molecule has 0 saturated carbocycles. The van der Waals surface area contributed by atoms with Gasteiger partial charge in [-0.1, -0.05) is 36.4 Å². The monoisotopic (exact) mass is 213 g/mol. The van der Waals surface area contributed by atoms with E-state index >= 15 is 0 Å². The van der Waals surface area contributed by atoms with E-state index in [1.807, 2.05) is 24.3 Å². The zero-order valence-electron chi connectivity index (χ0n) is 8.60. The van der Waals surface area contributed by atoms with Gasteiger partial charge < -0.3 is 5.11 Å². The van der Waals surface area contributed by atoms with Crippen molar-refractivity contribution in [1.82, 2.24) is 0 Å². The minimum Gasteiger partial charge on any atom is -0.508 e. The van der Waals surface area contributed by atoms with E-state index in [1.165, 1.54) is 12.1 Å². The summed E-state index contributed by atoms with van der Waals surface area (Å²) < 4.78 is 12.6. The molecule has 0 saturated heterocycles. The average molecular weight is 213 g/mol. The summed E-state index contributed by atoms with van der Waals surface area (Å²) in [6.07, 6.45) is 3.80. The Hall–Kier alpha value is -2.09. The van der Waals surface area contributed by atoms with E-state index in [0.717, 1.165) is 11.1 Å². The minimum absolute atomic E-state index is 0.234. The van der Waals surface area contributed by atoms with E-state index in [1.54, 1.807) is 24.3 Å². The van der Waals surface area contributed by atoms with Gasteiger partial charge in [0.15, 0.2) is 0 Å². The summed E-state index contributed by atoms with van der Waals surface area (Å²) in [7, 11) is 0.